The van der Waals surface area contributed by atoms with Crippen LogP contribution < -0.4 is 16.0 Å². The number of nitrogens with one attached hydrogen (secondary N) is 3. The highest BCUT2D eigenvalue weighted by Crippen LogP contribution is 2.37. The van der Waals surface area contributed by atoms with E-state index < -0.39 is 111 Å². The summed E-state index contributed by atoms with van der Waals surface area (Å²) in [7, 11) is 0. The zero-order valence-corrected chi connectivity index (χ0v) is 38.3. The van der Waals surface area contributed by atoms with Crippen molar-refractivity contribution in [2.45, 2.75) is 146 Å². The Balaban J connectivity index is 1.08. The first-order chi connectivity index (χ1) is 33.0. The quantitative estimate of drug-likeness (QED) is 0.0737. The molecule has 0 spiro atoms. The van der Waals surface area contributed by atoms with E-state index >= 15 is 0 Å². The van der Waals surface area contributed by atoms with Crippen LogP contribution in [0.25, 0.3) is 0 Å². The molecule has 7 rings (SSSR count). The third kappa shape index (κ3) is 13.6. The molecule has 3 amide bonds. The molecular formula is C50H63N3O15. The SMILES string of the molecule is CC[C@H]1C=C[C@@H](NC(=O)OCc2ccccc2)[C@@H](O[C@H]2[C@@H](O)[C@H](O[C@@H]3[C@@H](O)[C@H](NC(=O)OCc4ccccc4)C[C@H](C)[C@H]3O[C@H]3O[C@H](CC)C=C[C@H]3NC(=O)OCc3ccccc3)O[C@@H]2CO)O1. The number of carbonyl (C=O) groups is 3. The minimum atomic E-state index is -1.59. The van der Waals surface area contributed by atoms with Crippen molar-refractivity contribution in [2.24, 2.45) is 5.92 Å². The molecule has 18 heteroatoms. The average molecular weight is 946 g/mol. The predicted molar refractivity (Wildman–Crippen MR) is 243 cm³/mol. The molecule has 1 saturated heterocycles. The molecule has 0 bridgehead atoms. The van der Waals surface area contributed by atoms with Crippen LogP contribution in [0.3, 0.4) is 0 Å². The number of rotatable bonds is 18. The standard InChI is InChI=1S/C50H63N3O15/c1-4-34-21-23-36(51-48(57)60-27-31-15-9-6-10-16-31)45(63-34)66-42-30(3)25-38(53-50(59)62-29-33-19-13-8-14-20-33)40(55)44(42)68-47-41(56)43(39(26-54)65-47)67-46-37(24-22-35(5-2)64-46)52-49(58)61-28-32-17-11-7-12-18-32/h6-24,30,34-47,54-56H,4-5,25-29H2,1-3H3,(H,51,57)(H,52,58)(H,53,59)/t30-,34+,35-,36+,37+,38+,39+,40-,41+,42+,43+,44+,45+,46+,47-/m0/s1. The van der Waals surface area contributed by atoms with Crippen LogP contribution in [0.2, 0.25) is 0 Å². The molecule has 4 aliphatic rings. The van der Waals surface area contributed by atoms with Gasteiger partial charge in [-0.15, -0.1) is 0 Å². The number of alkyl carbamates (subject to hydrolysis) is 3. The number of ether oxygens (including phenoxy) is 9. The van der Waals surface area contributed by atoms with Crippen LogP contribution in [0, 0.1) is 5.92 Å². The summed E-state index contributed by atoms with van der Waals surface area (Å²) in [4.78, 5) is 39.3. The largest absolute Gasteiger partial charge is 0.445 e. The third-order valence-electron chi connectivity index (χ3n) is 12.2. The first kappa shape index (κ1) is 50.5. The lowest BCUT2D eigenvalue weighted by Gasteiger charge is -2.46. The topological polar surface area (TPSA) is 231 Å². The van der Waals surface area contributed by atoms with E-state index in [0.29, 0.717) is 12.8 Å². The Bertz CT molecular complexity index is 2100. The smallest absolute Gasteiger partial charge is 0.408 e. The van der Waals surface area contributed by atoms with Crippen molar-refractivity contribution in [3.63, 3.8) is 0 Å². The van der Waals surface area contributed by atoms with Crippen molar-refractivity contribution < 1.29 is 72.3 Å². The third-order valence-corrected chi connectivity index (χ3v) is 12.2. The summed E-state index contributed by atoms with van der Waals surface area (Å²) < 4.78 is 54.6. The van der Waals surface area contributed by atoms with Gasteiger partial charge < -0.3 is 73.9 Å². The molecule has 1 saturated carbocycles. The summed E-state index contributed by atoms with van der Waals surface area (Å²) in [5, 5.41) is 43.0. The summed E-state index contributed by atoms with van der Waals surface area (Å²) in [5.41, 5.74) is 2.35. The van der Waals surface area contributed by atoms with E-state index in [1.165, 1.54) is 0 Å². The molecule has 3 aromatic carbocycles. The maximum atomic E-state index is 13.2. The van der Waals surface area contributed by atoms with E-state index in [4.69, 9.17) is 42.6 Å². The number of carbonyl (C=O) groups excluding carboxylic acids is 3. The van der Waals surface area contributed by atoms with Gasteiger partial charge in [-0.05, 0) is 41.9 Å². The molecule has 15 atom stereocenters. The predicted octanol–water partition coefficient (Wildman–Crippen LogP) is 4.89. The Labute approximate surface area is 395 Å². The van der Waals surface area contributed by atoms with E-state index in [9.17, 15) is 29.7 Å². The van der Waals surface area contributed by atoms with Crippen molar-refractivity contribution in [1.29, 1.82) is 0 Å². The van der Waals surface area contributed by atoms with Gasteiger partial charge in [0.25, 0.3) is 0 Å². The average Bonchev–Trinajstić information content (AvgIpc) is 3.66. The monoisotopic (exact) mass is 945 g/mol. The van der Waals surface area contributed by atoms with Crippen LogP contribution in [-0.4, -0.2) is 126 Å². The Morgan fingerprint density at radius 3 is 1.43 bits per heavy atom. The molecule has 3 aliphatic heterocycles. The van der Waals surface area contributed by atoms with Gasteiger partial charge in [0.05, 0.1) is 31.0 Å². The van der Waals surface area contributed by atoms with Crippen LogP contribution >= 0.6 is 0 Å². The minimum absolute atomic E-state index is 0.0131. The van der Waals surface area contributed by atoms with E-state index in [2.05, 4.69) is 16.0 Å². The van der Waals surface area contributed by atoms with Crippen molar-refractivity contribution in [2.75, 3.05) is 6.61 Å². The van der Waals surface area contributed by atoms with E-state index in [0.717, 1.165) is 16.7 Å². The molecular weight excluding hydrogens is 883 g/mol. The maximum Gasteiger partial charge on any atom is 0.408 e. The number of hydrogen-bond donors (Lipinski definition) is 6. The molecule has 368 valence electrons. The highest BCUT2D eigenvalue weighted by molar-refractivity contribution is 5.69. The van der Waals surface area contributed by atoms with E-state index in [1.54, 1.807) is 18.2 Å². The van der Waals surface area contributed by atoms with Crippen LogP contribution in [-0.2, 0) is 62.5 Å². The molecule has 0 radical (unpaired) electrons. The number of aliphatic hydroxyl groups excluding tert-OH is 3. The van der Waals surface area contributed by atoms with Crippen molar-refractivity contribution >= 4 is 18.3 Å². The molecule has 3 heterocycles. The van der Waals surface area contributed by atoms with Gasteiger partial charge in [-0.3, -0.25) is 0 Å². The van der Waals surface area contributed by atoms with Crippen molar-refractivity contribution in [3.8, 4) is 0 Å². The second-order valence-electron chi connectivity index (χ2n) is 17.2. The van der Waals surface area contributed by atoms with Gasteiger partial charge >= 0.3 is 18.3 Å². The van der Waals surface area contributed by atoms with Crippen LogP contribution in [0.1, 0.15) is 56.7 Å². The summed E-state index contributed by atoms with van der Waals surface area (Å²) in [6.45, 7) is 5.11. The lowest BCUT2D eigenvalue weighted by molar-refractivity contribution is -0.287. The summed E-state index contributed by atoms with van der Waals surface area (Å²) in [5.74, 6) is -0.468. The zero-order valence-electron chi connectivity index (χ0n) is 38.3. The second-order valence-corrected chi connectivity index (χ2v) is 17.2. The van der Waals surface area contributed by atoms with Gasteiger partial charge in [-0.1, -0.05) is 136 Å². The molecule has 68 heavy (non-hydrogen) atoms. The van der Waals surface area contributed by atoms with Crippen LogP contribution in [0.15, 0.2) is 115 Å². The fraction of sp³-hybridized carbons (Fsp3) is 0.500. The zero-order chi connectivity index (χ0) is 48.0. The molecule has 1 aliphatic carbocycles. The Morgan fingerprint density at radius 1 is 0.559 bits per heavy atom. The van der Waals surface area contributed by atoms with Gasteiger partial charge in [0, 0.05) is 0 Å². The van der Waals surface area contributed by atoms with Crippen molar-refractivity contribution in [1.82, 2.24) is 16.0 Å². The number of hydrogen-bond acceptors (Lipinski definition) is 15. The lowest BCUT2D eigenvalue weighted by Crippen LogP contribution is -2.63. The van der Waals surface area contributed by atoms with Crippen LogP contribution in [0.5, 0.6) is 0 Å². The van der Waals surface area contributed by atoms with Gasteiger partial charge in [0.15, 0.2) is 18.9 Å². The van der Waals surface area contributed by atoms with Gasteiger partial charge in [0.2, 0.25) is 0 Å². The van der Waals surface area contributed by atoms with Crippen LogP contribution in [0.4, 0.5) is 14.4 Å². The van der Waals surface area contributed by atoms with Gasteiger partial charge in [-0.2, -0.15) is 0 Å². The summed E-state index contributed by atoms with van der Waals surface area (Å²) in [6.07, 6.45) is -6.24. The Kier molecular flexibility index (Phi) is 18.4. The van der Waals surface area contributed by atoms with Gasteiger partial charge in [0.1, 0.15) is 62.4 Å². The lowest BCUT2D eigenvalue weighted by atomic mass is 9.80. The first-order valence-corrected chi connectivity index (χ1v) is 23.2. The Hall–Kier alpha value is -5.41. The highest BCUT2D eigenvalue weighted by Gasteiger charge is 2.53. The molecule has 6 N–H and O–H groups in total. The molecule has 18 nitrogen and oxygen atoms in total. The first-order valence-electron chi connectivity index (χ1n) is 23.2. The normalized spacial score (nSPS) is 32.2. The number of benzene rings is 3. The molecule has 2 fully saturated rings. The molecule has 3 aromatic rings. The number of aliphatic hydroxyl groups is 3. The highest BCUT2D eigenvalue weighted by atomic mass is 16.8. The van der Waals surface area contributed by atoms with E-state index in [-0.39, 0.29) is 32.3 Å². The summed E-state index contributed by atoms with van der Waals surface area (Å²) in [6, 6.07) is 24.9. The van der Waals surface area contributed by atoms with Gasteiger partial charge in [-0.25, -0.2) is 14.4 Å². The second kappa shape index (κ2) is 24.7. The molecule has 0 unspecified atom stereocenters. The fourth-order valence-electron chi connectivity index (χ4n) is 8.45. The van der Waals surface area contributed by atoms with Crippen molar-refractivity contribution in [3.05, 3.63) is 132 Å². The summed E-state index contributed by atoms with van der Waals surface area (Å²) >= 11 is 0. The fourth-order valence-corrected chi connectivity index (χ4v) is 8.45. The maximum absolute atomic E-state index is 13.2. The number of amides is 3. The van der Waals surface area contributed by atoms with E-state index in [1.807, 2.05) is 118 Å². The Morgan fingerprint density at radius 2 is 0.985 bits per heavy atom. The minimum Gasteiger partial charge on any atom is -0.445 e. The molecule has 0 aromatic heterocycles.